The van der Waals surface area contributed by atoms with Gasteiger partial charge in [0.1, 0.15) is 11.8 Å². The molecule has 1 fully saturated rings. The van der Waals surface area contributed by atoms with Crippen LogP contribution in [0.2, 0.25) is 0 Å². The largest absolute Gasteiger partial charge is 0.392 e. The van der Waals surface area contributed by atoms with E-state index in [1.807, 2.05) is 13.8 Å². The highest BCUT2D eigenvalue weighted by Gasteiger charge is 2.34. The topological polar surface area (TPSA) is 133 Å². The van der Waals surface area contributed by atoms with Crippen LogP contribution in [0.5, 0.6) is 0 Å². The van der Waals surface area contributed by atoms with E-state index in [0.29, 0.717) is 25.1 Å². The molecule has 200 valence electrons. The summed E-state index contributed by atoms with van der Waals surface area (Å²) in [6, 6.07) is 5.98. The molecule has 3 N–H and O–H groups in total. The van der Waals surface area contributed by atoms with Crippen LogP contribution in [0.15, 0.2) is 36.4 Å². The number of Topliss-reactive ketones (excluding diaryl/α,β-unsaturated/α-hetero) is 1. The molecule has 4 amide bonds. The molecule has 3 rings (SSSR count). The second-order valence-corrected chi connectivity index (χ2v) is 10.4. The first-order valence-electron chi connectivity index (χ1n) is 13.0. The fourth-order valence-corrected chi connectivity index (χ4v) is 4.88. The van der Waals surface area contributed by atoms with Crippen LogP contribution in [0.25, 0.3) is 0 Å². The molecule has 0 spiro atoms. The number of carbonyl (C=O) groups excluding carboxylic acids is 5. The van der Waals surface area contributed by atoms with Gasteiger partial charge in [0, 0.05) is 42.6 Å². The van der Waals surface area contributed by atoms with Crippen LogP contribution in [-0.2, 0) is 30.6 Å². The molecular formula is C28H37N3O6. The van der Waals surface area contributed by atoms with E-state index in [2.05, 4.69) is 10.6 Å². The molecule has 1 aromatic rings. The van der Waals surface area contributed by atoms with Crippen molar-refractivity contribution in [2.45, 2.75) is 65.5 Å². The molecule has 2 atom stereocenters. The number of benzene rings is 1. The number of aliphatic hydroxyl groups is 1. The summed E-state index contributed by atoms with van der Waals surface area (Å²) < 4.78 is 0. The van der Waals surface area contributed by atoms with Gasteiger partial charge in [0.15, 0.2) is 0 Å². The number of nitrogens with one attached hydrogen (secondary N) is 2. The minimum Gasteiger partial charge on any atom is -0.392 e. The molecule has 1 heterocycles. The van der Waals surface area contributed by atoms with Crippen molar-refractivity contribution >= 4 is 35.1 Å². The minimum absolute atomic E-state index is 0.0448. The number of amides is 4. The zero-order valence-corrected chi connectivity index (χ0v) is 21.7. The molecule has 0 radical (unpaired) electrons. The molecule has 0 saturated heterocycles. The van der Waals surface area contributed by atoms with E-state index in [-0.39, 0.29) is 60.2 Å². The van der Waals surface area contributed by atoms with Crippen LogP contribution in [0.1, 0.15) is 58.4 Å². The second kappa shape index (κ2) is 12.8. The van der Waals surface area contributed by atoms with Crippen molar-refractivity contribution in [3.63, 3.8) is 0 Å². The second-order valence-electron chi connectivity index (χ2n) is 10.4. The van der Waals surface area contributed by atoms with E-state index in [9.17, 15) is 24.0 Å². The van der Waals surface area contributed by atoms with Crippen molar-refractivity contribution < 1.29 is 29.1 Å². The van der Waals surface area contributed by atoms with E-state index < -0.39 is 12.0 Å². The van der Waals surface area contributed by atoms with Gasteiger partial charge >= 0.3 is 0 Å². The molecule has 0 bridgehead atoms. The molecule has 1 aliphatic carbocycles. The van der Waals surface area contributed by atoms with Gasteiger partial charge in [-0.25, -0.2) is 0 Å². The number of hydrogen-bond donors (Lipinski definition) is 3. The molecule has 1 aliphatic heterocycles. The summed E-state index contributed by atoms with van der Waals surface area (Å²) in [6.45, 7) is 5.67. The average molecular weight is 512 g/mol. The standard InChI is InChI=1S/C28H37N3O6/c1-17(2)23(28(37)29-18(3)27(36)30-22-10-6-20(16-32)7-11-22)14-24(33)21-8-4-19(5-9-21)15-31-25(34)12-13-26(31)35/h6-7,10-13,17-19,21,23,32H,4-5,8-9,14-16H2,1-3H3,(H,29,37)(H,30,36)/t18-,19?,21?,23-/m0/s1. The number of ketones is 1. The van der Waals surface area contributed by atoms with Crippen LogP contribution in [-0.4, -0.2) is 52.0 Å². The first-order valence-corrected chi connectivity index (χ1v) is 13.0. The third kappa shape index (κ3) is 7.58. The number of carbonyl (C=O) groups is 5. The molecule has 0 aromatic heterocycles. The number of rotatable bonds is 11. The van der Waals surface area contributed by atoms with Gasteiger partial charge in [-0.3, -0.25) is 28.9 Å². The third-order valence-electron chi connectivity index (χ3n) is 7.36. The molecule has 2 aliphatic rings. The fraction of sp³-hybridized carbons (Fsp3) is 0.536. The lowest BCUT2D eigenvalue weighted by Crippen LogP contribution is -2.46. The molecule has 37 heavy (non-hydrogen) atoms. The highest BCUT2D eigenvalue weighted by molar-refractivity contribution is 6.12. The van der Waals surface area contributed by atoms with E-state index in [4.69, 9.17) is 5.11 Å². The Balaban J connectivity index is 1.48. The number of nitrogens with zero attached hydrogens (tertiary/aromatic N) is 1. The van der Waals surface area contributed by atoms with E-state index in [1.54, 1.807) is 31.2 Å². The summed E-state index contributed by atoms with van der Waals surface area (Å²) in [7, 11) is 0. The monoisotopic (exact) mass is 511 g/mol. The lowest BCUT2D eigenvalue weighted by molar-refractivity contribution is -0.138. The summed E-state index contributed by atoms with van der Waals surface area (Å²) in [5.41, 5.74) is 1.29. The third-order valence-corrected chi connectivity index (χ3v) is 7.36. The SMILES string of the molecule is CC(C)[C@H](CC(=O)C1CCC(CN2C(=O)C=CC2=O)CC1)C(=O)N[C@@H](C)C(=O)Nc1ccc(CO)cc1. The Kier molecular flexibility index (Phi) is 9.74. The maximum Gasteiger partial charge on any atom is 0.253 e. The van der Waals surface area contributed by atoms with E-state index in [1.165, 1.54) is 17.1 Å². The molecule has 1 saturated carbocycles. The lowest BCUT2D eigenvalue weighted by atomic mass is 9.77. The van der Waals surface area contributed by atoms with E-state index in [0.717, 1.165) is 18.4 Å². The summed E-state index contributed by atoms with van der Waals surface area (Å²) in [5, 5.41) is 14.6. The van der Waals surface area contributed by atoms with Gasteiger partial charge in [-0.05, 0) is 62.1 Å². The molecule has 1 aromatic carbocycles. The number of imide groups is 1. The van der Waals surface area contributed by atoms with Gasteiger partial charge in [0.25, 0.3) is 11.8 Å². The average Bonchev–Trinajstić information content (AvgIpc) is 3.19. The minimum atomic E-state index is -0.790. The van der Waals surface area contributed by atoms with Gasteiger partial charge in [-0.1, -0.05) is 26.0 Å². The predicted octanol–water partition coefficient (Wildman–Crippen LogP) is 2.58. The van der Waals surface area contributed by atoms with Crippen LogP contribution >= 0.6 is 0 Å². The molecule has 0 unspecified atom stereocenters. The van der Waals surface area contributed by atoms with Crippen molar-refractivity contribution in [1.82, 2.24) is 10.2 Å². The molecule has 9 nitrogen and oxygen atoms in total. The van der Waals surface area contributed by atoms with Crippen molar-refractivity contribution in [1.29, 1.82) is 0 Å². The normalized spacial score (nSPS) is 21.2. The summed E-state index contributed by atoms with van der Waals surface area (Å²) >= 11 is 0. The van der Waals surface area contributed by atoms with Crippen LogP contribution in [0.4, 0.5) is 5.69 Å². The fourth-order valence-electron chi connectivity index (χ4n) is 4.88. The van der Waals surface area contributed by atoms with Crippen molar-refractivity contribution in [3.8, 4) is 0 Å². The zero-order valence-electron chi connectivity index (χ0n) is 21.7. The number of aliphatic hydroxyl groups excluding tert-OH is 1. The molecule has 9 heteroatoms. The Bertz CT molecular complexity index is 1020. The number of anilines is 1. The van der Waals surface area contributed by atoms with E-state index >= 15 is 0 Å². The predicted molar refractivity (Wildman–Crippen MR) is 138 cm³/mol. The van der Waals surface area contributed by atoms with Crippen LogP contribution in [0.3, 0.4) is 0 Å². The summed E-state index contributed by atoms with van der Waals surface area (Å²) in [4.78, 5) is 63.5. The van der Waals surface area contributed by atoms with Crippen LogP contribution < -0.4 is 10.6 Å². The first kappa shape index (κ1) is 28.2. The first-order chi connectivity index (χ1) is 17.6. The van der Waals surface area contributed by atoms with Crippen molar-refractivity contribution in [2.75, 3.05) is 11.9 Å². The van der Waals surface area contributed by atoms with Gasteiger partial charge in [0.05, 0.1) is 6.61 Å². The zero-order chi connectivity index (χ0) is 27.1. The van der Waals surface area contributed by atoms with Gasteiger partial charge in [-0.15, -0.1) is 0 Å². The van der Waals surface area contributed by atoms with Crippen LogP contribution in [0, 0.1) is 23.7 Å². The Morgan fingerprint density at radius 3 is 2.08 bits per heavy atom. The summed E-state index contributed by atoms with van der Waals surface area (Å²) in [6.07, 6.45) is 5.54. The highest BCUT2D eigenvalue weighted by atomic mass is 16.3. The Morgan fingerprint density at radius 1 is 0.946 bits per heavy atom. The Labute approximate surface area is 217 Å². The Morgan fingerprint density at radius 2 is 1.54 bits per heavy atom. The summed E-state index contributed by atoms with van der Waals surface area (Å²) in [5.74, 6) is -1.81. The highest BCUT2D eigenvalue weighted by Crippen LogP contribution is 2.32. The number of hydrogen-bond acceptors (Lipinski definition) is 6. The maximum absolute atomic E-state index is 13.1. The van der Waals surface area contributed by atoms with Gasteiger partial charge in [-0.2, -0.15) is 0 Å². The van der Waals surface area contributed by atoms with Crippen molar-refractivity contribution in [2.24, 2.45) is 23.7 Å². The van der Waals surface area contributed by atoms with Gasteiger partial charge < -0.3 is 15.7 Å². The Hall–Kier alpha value is -3.33. The van der Waals surface area contributed by atoms with Gasteiger partial charge in [0.2, 0.25) is 11.8 Å². The molecular weight excluding hydrogens is 474 g/mol. The quantitative estimate of drug-likeness (QED) is 0.391. The van der Waals surface area contributed by atoms with Crippen molar-refractivity contribution in [3.05, 3.63) is 42.0 Å². The lowest BCUT2D eigenvalue weighted by Gasteiger charge is -2.31. The smallest absolute Gasteiger partial charge is 0.253 e. The maximum atomic E-state index is 13.1.